The second kappa shape index (κ2) is 6.86. The van der Waals surface area contributed by atoms with E-state index in [1.54, 1.807) is 0 Å². The molecule has 0 aliphatic carbocycles. The lowest BCUT2D eigenvalue weighted by Crippen LogP contribution is -1.82. The van der Waals surface area contributed by atoms with E-state index in [2.05, 4.69) is 87.0 Å². The normalized spacial score (nSPS) is 11.1. The van der Waals surface area contributed by atoms with E-state index >= 15 is 0 Å². The van der Waals surface area contributed by atoms with Crippen LogP contribution in [0.2, 0.25) is 0 Å². The fourth-order valence-electron chi connectivity index (χ4n) is 3.49. The monoisotopic (exact) mass is 374 g/mol. The molecule has 130 valence electrons. The van der Waals surface area contributed by atoms with Crippen molar-refractivity contribution in [2.24, 2.45) is 0 Å². The van der Waals surface area contributed by atoms with Gasteiger partial charge in [0, 0.05) is 9.75 Å². The SMILES string of the molecule is Cc1ccc(-c2csc(-c3cc(-c4ccc(C)cc4C)cs3)c2)c(C)c1. The van der Waals surface area contributed by atoms with Gasteiger partial charge in [-0.25, -0.2) is 0 Å². The van der Waals surface area contributed by atoms with Gasteiger partial charge in [0.05, 0.1) is 0 Å². The fraction of sp³-hybridized carbons (Fsp3) is 0.167. The highest BCUT2D eigenvalue weighted by Crippen LogP contribution is 2.39. The van der Waals surface area contributed by atoms with Gasteiger partial charge in [0.15, 0.2) is 0 Å². The Kier molecular flexibility index (Phi) is 4.56. The predicted octanol–water partition coefficient (Wildman–Crippen LogP) is 8.04. The van der Waals surface area contributed by atoms with Gasteiger partial charge >= 0.3 is 0 Å². The maximum atomic E-state index is 2.33. The first-order valence-corrected chi connectivity index (χ1v) is 10.6. The van der Waals surface area contributed by atoms with Crippen LogP contribution in [-0.2, 0) is 0 Å². The standard InChI is InChI=1S/C24H22S2/c1-15-5-7-21(17(3)9-15)19-11-23(25-13-19)24-12-20(14-26-24)22-8-6-16(2)10-18(22)4/h5-14H,1-4H3. The molecule has 4 aromatic rings. The first-order valence-electron chi connectivity index (χ1n) is 8.84. The molecule has 2 heterocycles. The van der Waals surface area contributed by atoms with Crippen molar-refractivity contribution in [3.8, 4) is 32.0 Å². The summed E-state index contributed by atoms with van der Waals surface area (Å²) in [7, 11) is 0. The third-order valence-electron chi connectivity index (χ3n) is 4.83. The summed E-state index contributed by atoms with van der Waals surface area (Å²) in [6.45, 7) is 8.69. The summed E-state index contributed by atoms with van der Waals surface area (Å²) in [6.07, 6.45) is 0. The van der Waals surface area contributed by atoms with Crippen LogP contribution < -0.4 is 0 Å². The lowest BCUT2D eigenvalue weighted by molar-refractivity contribution is 1.38. The van der Waals surface area contributed by atoms with Crippen LogP contribution in [-0.4, -0.2) is 0 Å². The molecule has 0 bridgehead atoms. The molecule has 26 heavy (non-hydrogen) atoms. The average molecular weight is 375 g/mol. The van der Waals surface area contributed by atoms with E-state index in [1.165, 1.54) is 54.3 Å². The van der Waals surface area contributed by atoms with Crippen molar-refractivity contribution >= 4 is 22.7 Å². The van der Waals surface area contributed by atoms with Gasteiger partial charge in [-0.3, -0.25) is 0 Å². The van der Waals surface area contributed by atoms with Gasteiger partial charge in [0.25, 0.3) is 0 Å². The fourth-order valence-corrected chi connectivity index (χ4v) is 5.42. The highest BCUT2D eigenvalue weighted by molar-refractivity contribution is 7.20. The van der Waals surface area contributed by atoms with Gasteiger partial charge in [0.2, 0.25) is 0 Å². The third-order valence-corrected chi connectivity index (χ3v) is 6.88. The smallest absolute Gasteiger partial charge is 0.0449 e. The minimum atomic E-state index is 1.32. The topological polar surface area (TPSA) is 0 Å². The number of thiophene rings is 2. The molecule has 0 N–H and O–H groups in total. The Morgan fingerprint density at radius 1 is 0.538 bits per heavy atom. The molecule has 4 rings (SSSR count). The third kappa shape index (κ3) is 3.27. The highest BCUT2D eigenvalue weighted by Gasteiger charge is 2.11. The molecular weight excluding hydrogens is 352 g/mol. The van der Waals surface area contributed by atoms with Crippen LogP contribution in [0, 0.1) is 27.7 Å². The van der Waals surface area contributed by atoms with E-state index in [4.69, 9.17) is 0 Å². The van der Waals surface area contributed by atoms with Crippen LogP contribution in [0.5, 0.6) is 0 Å². The molecule has 0 fully saturated rings. The van der Waals surface area contributed by atoms with E-state index < -0.39 is 0 Å². The molecule has 0 amide bonds. The highest BCUT2D eigenvalue weighted by atomic mass is 32.1. The Balaban J connectivity index is 1.67. The first-order chi connectivity index (χ1) is 12.5. The van der Waals surface area contributed by atoms with Crippen molar-refractivity contribution < 1.29 is 0 Å². The molecule has 0 unspecified atom stereocenters. The van der Waals surface area contributed by atoms with E-state index in [9.17, 15) is 0 Å². The van der Waals surface area contributed by atoms with Crippen LogP contribution >= 0.6 is 22.7 Å². The number of hydrogen-bond acceptors (Lipinski definition) is 2. The second-order valence-electron chi connectivity index (χ2n) is 7.04. The van der Waals surface area contributed by atoms with Gasteiger partial charge in [-0.15, -0.1) is 22.7 Å². The summed E-state index contributed by atoms with van der Waals surface area (Å²) in [5, 5.41) is 4.56. The van der Waals surface area contributed by atoms with Gasteiger partial charge in [-0.1, -0.05) is 47.5 Å². The zero-order valence-electron chi connectivity index (χ0n) is 15.6. The summed E-state index contributed by atoms with van der Waals surface area (Å²) < 4.78 is 0. The number of benzene rings is 2. The van der Waals surface area contributed by atoms with Crippen molar-refractivity contribution in [3.63, 3.8) is 0 Å². The van der Waals surface area contributed by atoms with Gasteiger partial charge in [-0.05, 0) is 84.0 Å². The van der Waals surface area contributed by atoms with E-state index in [-0.39, 0.29) is 0 Å². The summed E-state index contributed by atoms with van der Waals surface area (Å²) in [4.78, 5) is 2.70. The van der Waals surface area contributed by atoms with Crippen LogP contribution in [0.4, 0.5) is 0 Å². The molecule has 0 saturated heterocycles. The minimum Gasteiger partial charge on any atom is -0.142 e. The predicted molar refractivity (Wildman–Crippen MR) is 117 cm³/mol. The number of aryl methyl sites for hydroxylation is 4. The van der Waals surface area contributed by atoms with Crippen molar-refractivity contribution in [1.82, 2.24) is 0 Å². The maximum Gasteiger partial charge on any atom is 0.0449 e. The maximum absolute atomic E-state index is 2.33. The summed E-state index contributed by atoms with van der Waals surface area (Å²) >= 11 is 3.67. The molecular formula is C24H22S2. The lowest BCUT2D eigenvalue weighted by Gasteiger charge is -2.04. The molecule has 2 aromatic heterocycles. The lowest BCUT2D eigenvalue weighted by atomic mass is 10.00. The zero-order chi connectivity index (χ0) is 18.3. The Bertz CT molecular complexity index is 992. The van der Waals surface area contributed by atoms with E-state index in [0.717, 1.165) is 0 Å². The van der Waals surface area contributed by atoms with Crippen molar-refractivity contribution in [2.45, 2.75) is 27.7 Å². The molecule has 0 atom stereocenters. The Morgan fingerprint density at radius 2 is 0.962 bits per heavy atom. The molecule has 0 aliphatic rings. The molecule has 0 saturated carbocycles. The van der Waals surface area contributed by atoms with E-state index in [1.807, 2.05) is 22.7 Å². The van der Waals surface area contributed by atoms with Crippen molar-refractivity contribution in [2.75, 3.05) is 0 Å². The molecule has 0 aliphatic heterocycles. The van der Waals surface area contributed by atoms with Gasteiger partial charge in [0.1, 0.15) is 0 Å². The first kappa shape index (κ1) is 17.3. The van der Waals surface area contributed by atoms with Crippen LogP contribution in [0.1, 0.15) is 22.3 Å². The average Bonchev–Trinajstić information content (AvgIpc) is 3.24. The molecule has 0 spiro atoms. The van der Waals surface area contributed by atoms with Crippen LogP contribution in [0.15, 0.2) is 59.3 Å². The van der Waals surface area contributed by atoms with Crippen molar-refractivity contribution in [3.05, 3.63) is 81.5 Å². The largest absolute Gasteiger partial charge is 0.142 e. The Hall–Kier alpha value is -2.16. The van der Waals surface area contributed by atoms with Gasteiger partial charge in [-0.2, -0.15) is 0 Å². The number of rotatable bonds is 3. The van der Waals surface area contributed by atoms with Gasteiger partial charge < -0.3 is 0 Å². The summed E-state index contributed by atoms with van der Waals surface area (Å²) in [5.74, 6) is 0. The zero-order valence-corrected chi connectivity index (χ0v) is 17.2. The quantitative estimate of drug-likeness (QED) is 0.340. The minimum absolute atomic E-state index is 1.32. The molecule has 2 aromatic carbocycles. The Labute approximate surface area is 163 Å². The summed E-state index contributed by atoms with van der Waals surface area (Å²) in [5.41, 5.74) is 10.6. The van der Waals surface area contributed by atoms with Crippen LogP contribution in [0.25, 0.3) is 32.0 Å². The second-order valence-corrected chi connectivity index (χ2v) is 8.86. The van der Waals surface area contributed by atoms with Crippen molar-refractivity contribution in [1.29, 1.82) is 0 Å². The molecule has 2 heteroatoms. The molecule has 0 nitrogen and oxygen atoms in total. The summed E-state index contributed by atoms with van der Waals surface area (Å²) in [6, 6.07) is 18.1. The number of hydrogen-bond donors (Lipinski definition) is 0. The molecule has 0 radical (unpaired) electrons. The Morgan fingerprint density at radius 3 is 1.35 bits per heavy atom. The van der Waals surface area contributed by atoms with Crippen LogP contribution in [0.3, 0.4) is 0 Å². The van der Waals surface area contributed by atoms with E-state index in [0.29, 0.717) is 0 Å².